The van der Waals surface area contributed by atoms with E-state index < -0.39 is 5.41 Å². The third-order valence-electron chi connectivity index (χ3n) is 14.4. The molecule has 5 heteroatoms. The first kappa shape index (κ1) is 38.3. The topological polar surface area (TPSA) is 6.48 Å². The van der Waals surface area contributed by atoms with Gasteiger partial charge in [0, 0.05) is 74.2 Å². The minimum absolute atomic E-state index is 0.538. The summed E-state index contributed by atoms with van der Waals surface area (Å²) in [7, 11) is 0. The van der Waals surface area contributed by atoms with Gasteiger partial charge in [0.2, 0.25) is 0 Å². The molecule has 68 heavy (non-hydrogen) atoms. The fourth-order valence-electron chi connectivity index (χ4n) is 11.7. The lowest BCUT2D eigenvalue weighted by molar-refractivity contribution is 0.811. The van der Waals surface area contributed by atoms with Crippen LogP contribution in [0.15, 0.2) is 231 Å². The normalized spacial score (nSPS) is 14.5. The van der Waals surface area contributed by atoms with Crippen molar-refractivity contribution in [1.82, 2.24) is 0 Å². The lowest BCUT2D eigenvalue weighted by Gasteiger charge is -2.32. The highest BCUT2D eigenvalue weighted by Crippen LogP contribution is 2.67. The smallest absolute Gasteiger partial charge is 0.0820 e. The molecule has 318 valence electrons. The molecule has 0 N–H and O–H groups in total. The van der Waals surface area contributed by atoms with Gasteiger partial charge in [-0.1, -0.05) is 152 Å². The molecular weight excluding hydrogens is 881 g/mol. The SMILES string of the molecule is c1ccc(N(c2ccc3c(c2)-c2c(sc4ccccc24)C32c3ccccc3-c3ccc(N(c4ccccc4)c4cccc5c4sc4ccccc45)cc32)c2cccc3c2sc2ccccc23)cc1. The lowest BCUT2D eigenvalue weighted by atomic mass is 9.73. The van der Waals surface area contributed by atoms with Crippen LogP contribution in [-0.2, 0) is 5.41 Å². The Morgan fingerprint density at radius 1 is 0.294 bits per heavy atom. The van der Waals surface area contributed by atoms with Gasteiger partial charge in [0.1, 0.15) is 0 Å². The van der Waals surface area contributed by atoms with Gasteiger partial charge in [0.25, 0.3) is 0 Å². The molecule has 2 aliphatic carbocycles. The summed E-state index contributed by atoms with van der Waals surface area (Å²) in [6.07, 6.45) is 0. The standard InChI is InChI=1S/C63H38N2S3/c1-3-17-39(18-4-1)64(54-28-15-25-47-45-22-8-12-30-56(45)66-60(47)54)41-34-36-52-50(37-41)59-49-24-10-14-32-58(49)68-62(59)63(52)51-27-11-7-21-43(51)44-35-33-42(38-53(44)63)65(40-19-5-2-6-20-40)55-29-16-26-48-46-23-9-13-31-57(46)67-61(48)55/h1-38H. The van der Waals surface area contributed by atoms with Crippen molar-refractivity contribution in [2.24, 2.45) is 0 Å². The van der Waals surface area contributed by atoms with E-state index in [4.69, 9.17) is 0 Å². The average Bonchev–Trinajstić information content (AvgIpc) is 4.20. The second kappa shape index (κ2) is 14.6. The van der Waals surface area contributed by atoms with E-state index in [1.165, 1.54) is 106 Å². The Labute approximate surface area is 405 Å². The molecular formula is C63H38N2S3. The van der Waals surface area contributed by atoms with Crippen molar-refractivity contribution >= 4 is 119 Å². The second-order valence-electron chi connectivity index (χ2n) is 17.9. The monoisotopic (exact) mass is 918 g/mol. The zero-order valence-electron chi connectivity index (χ0n) is 36.6. The largest absolute Gasteiger partial charge is 0.309 e. The minimum Gasteiger partial charge on any atom is -0.309 e. The molecule has 0 radical (unpaired) electrons. The van der Waals surface area contributed by atoms with Crippen LogP contribution >= 0.6 is 34.0 Å². The van der Waals surface area contributed by atoms with Crippen LogP contribution in [0.2, 0.25) is 0 Å². The summed E-state index contributed by atoms with van der Waals surface area (Å²) in [6, 6.07) is 86.0. The van der Waals surface area contributed by atoms with Crippen LogP contribution in [0.25, 0.3) is 72.7 Å². The summed E-state index contributed by atoms with van der Waals surface area (Å²) in [4.78, 5) is 6.37. The van der Waals surface area contributed by atoms with Crippen LogP contribution < -0.4 is 9.80 Å². The van der Waals surface area contributed by atoms with E-state index in [1.807, 2.05) is 34.0 Å². The third kappa shape index (κ3) is 5.26. The summed E-state index contributed by atoms with van der Waals surface area (Å²) in [5.74, 6) is 0. The van der Waals surface area contributed by atoms with Gasteiger partial charge < -0.3 is 9.80 Å². The summed E-state index contributed by atoms with van der Waals surface area (Å²) in [5, 5.41) is 6.49. The van der Waals surface area contributed by atoms with Crippen LogP contribution in [-0.4, -0.2) is 0 Å². The van der Waals surface area contributed by atoms with Crippen molar-refractivity contribution in [2.45, 2.75) is 5.41 Å². The molecule has 13 aromatic rings. The van der Waals surface area contributed by atoms with Crippen molar-refractivity contribution in [3.05, 3.63) is 252 Å². The molecule has 10 aromatic carbocycles. The Morgan fingerprint density at radius 2 is 0.765 bits per heavy atom. The average molecular weight is 919 g/mol. The zero-order chi connectivity index (χ0) is 44.5. The number of fused-ring (bicyclic) bond motifs is 18. The highest BCUT2D eigenvalue weighted by molar-refractivity contribution is 7.27. The number of rotatable bonds is 6. The summed E-state index contributed by atoms with van der Waals surface area (Å²) in [5.41, 5.74) is 15.6. The molecule has 0 aliphatic heterocycles. The predicted molar refractivity (Wildman–Crippen MR) is 293 cm³/mol. The Bertz CT molecular complexity index is 4180. The highest BCUT2D eigenvalue weighted by atomic mass is 32.1. The summed E-state index contributed by atoms with van der Waals surface area (Å²) in [6.45, 7) is 0. The molecule has 3 aromatic heterocycles. The maximum absolute atomic E-state index is 2.53. The molecule has 0 saturated heterocycles. The number of nitrogens with zero attached hydrogens (tertiary/aromatic N) is 2. The molecule has 0 bridgehead atoms. The molecule has 0 saturated carbocycles. The molecule has 0 amide bonds. The number of benzene rings is 10. The predicted octanol–water partition coefficient (Wildman–Crippen LogP) is 18.9. The van der Waals surface area contributed by atoms with Crippen molar-refractivity contribution in [2.75, 3.05) is 9.80 Å². The molecule has 3 heterocycles. The van der Waals surface area contributed by atoms with E-state index in [0.29, 0.717) is 0 Å². The highest BCUT2D eigenvalue weighted by Gasteiger charge is 2.54. The molecule has 1 spiro atoms. The minimum atomic E-state index is -0.538. The fourth-order valence-corrected chi connectivity index (χ4v) is 15.5. The van der Waals surface area contributed by atoms with Crippen LogP contribution in [0.3, 0.4) is 0 Å². The van der Waals surface area contributed by atoms with Crippen LogP contribution in [0.5, 0.6) is 0 Å². The van der Waals surface area contributed by atoms with Gasteiger partial charge in [-0.25, -0.2) is 0 Å². The number of thiophene rings is 3. The number of hydrogen-bond donors (Lipinski definition) is 0. The van der Waals surface area contributed by atoms with E-state index >= 15 is 0 Å². The molecule has 1 unspecified atom stereocenters. The van der Waals surface area contributed by atoms with Gasteiger partial charge in [-0.2, -0.15) is 0 Å². The molecule has 2 aliphatic rings. The first-order valence-electron chi connectivity index (χ1n) is 23.2. The van der Waals surface area contributed by atoms with E-state index in [9.17, 15) is 0 Å². The van der Waals surface area contributed by atoms with Gasteiger partial charge in [-0.3, -0.25) is 0 Å². The lowest BCUT2D eigenvalue weighted by Crippen LogP contribution is -2.25. The number of anilines is 6. The zero-order valence-corrected chi connectivity index (χ0v) is 39.0. The van der Waals surface area contributed by atoms with Crippen LogP contribution in [0.4, 0.5) is 34.1 Å². The quantitative estimate of drug-likeness (QED) is 0.164. The van der Waals surface area contributed by atoms with Crippen molar-refractivity contribution < 1.29 is 0 Å². The molecule has 2 nitrogen and oxygen atoms in total. The maximum atomic E-state index is 2.53. The first-order chi connectivity index (χ1) is 33.7. The van der Waals surface area contributed by atoms with Crippen molar-refractivity contribution in [3.63, 3.8) is 0 Å². The second-order valence-corrected chi connectivity index (χ2v) is 21.1. The summed E-state index contributed by atoms with van der Waals surface area (Å²) >= 11 is 5.73. The van der Waals surface area contributed by atoms with Gasteiger partial charge in [-0.05, 0) is 112 Å². The van der Waals surface area contributed by atoms with E-state index in [-0.39, 0.29) is 0 Å². The van der Waals surface area contributed by atoms with Gasteiger partial charge in [0.05, 0.1) is 26.2 Å². The molecule has 15 rings (SSSR count). The Kier molecular flexibility index (Phi) is 8.23. The fraction of sp³-hybridized carbons (Fsp3) is 0.0159. The van der Waals surface area contributed by atoms with Gasteiger partial charge in [-0.15, -0.1) is 34.0 Å². The first-order valence-corrected chi connectivity index (χ1v) is 25.6. The van der Waals surface area contributed by atoms with E-state index in [0.717, 1.165) is 22.7 Å². The molecule has 0 fully saturated rings. The van der Waals surface area contributed by atoms with Crippen molar-refractivity contribution in [3.8, 4) is 22.3 Å². The maximum Gasteiger partial charge on any atom is 0.0820 e. The third-order valence-corrected chi connectivity index (χ3v) is 18.1. The number of hydrogen-bond acceptors (Lipinski definition) is 5. The van der Waals surface area contributed by atoms with Crippen molar-refractivity contribution in [1.29, 1.82) is 0 Å². The van der Waals surface area contributed by atoms with Crippen LogP contribution in [0, 0.1) is 0 Å². The van der Waals surface area contributed by atoms with E-state index in [1.54, 1.807) is 0 Å². The summed E-state index contributed by atoms with van der Waals surface area (Å²) < 4.78 is 6.49. The Hall–Kier alpha value is -7.80. The Balaban J connectivity index is 0.998. The van der Waals surface area contributed by atoms with Gasteiger partial charge in [0.15, 0.2) is 0 Å². The van der Waals surface area contributed by atoms with Gasteiger partial charge >= 0.3 is 0 Å². The number of para-hydroxylation sites is 2. The van der Waals surface area contributed by atoms with E-state index in [2.05, 4.69) is 240 Å². The van der Waals surface area contributed by atoms with Crippen LogP contribution in [0.1, 0.15) is 21.6 Å². The molecule has 1 atom stereocenters. The Morgan fingerprint density at radius 3 is 1.40 bits per heavy atom.